The first-order chi connectivity index (χ1) is 8.99. The topological polar surface area (TPSA) is 29.9 Å². The summed E-state index contributed by atoms with van der Waals surface area (Å²) >= 11 is 5.12. The van der Waals surface area contributed by atoms with E-state index in [1.807, 2.05) is 0 Å². The van der Waals surface area contributed by atoms with Gasteiger partial charge in [-0.3, -0.25) is 0 Å². The first kappa shape index (κ1) is 14.1. The molecule has 0 radical (unpaired) electrons. The maximum atomic E-state index is 13.4. The van der Waals surface area contributed by atoms with Crippen molar-refractivity contribution in [2.24, 2.45) is 0 Å². The van der Waals surface area contributed by atoms with Crippen LogP contribution < -0.4 is 0 Å². The summed E-state index contributed by atoms with van der Waals surface area (Å²) in [7, 11) is 0. The highest BCUT2D eigenvalue weighted by Gasteiger charge is 2.08. The maximum Gasteiger partial charge on any atom is 0.261 e. The number of benzene rings is 1. The molecule has 0 amide bonds. The number of rotatable bonds is 5. The standard InChI is InChI=1S/C12H13F3N2OS/c1-7-4-10-9(5-8(7)13)16-12(19)17(10)2-3-18-6-11(14)15/h4-5,11H,2-3,6H2,1H3,(H,16,19). The van der Waals surface area contributed by atoms with Crippen LogP contribution in [-0.4, -0.2) is 29.2 Å². The molecule has 0 unspecified atom stereocenters. The fourth-order valence-electron chi connectivity index (χ4n) is 1.83. The molecule has 1 heterocycles. The van der Waals surface area contributed by atoms with E-state index < -0.39 is 13.0 Å². The van der Waals surface area contributed by atoms with Crippen LogP contribution in [0.15, 0.2) is 12.1 Å². The van der Waals surface area contributed by atoms with Gasteiger partial charge in [-0.2, -0.15) is 0 Å². The number of nitrogens with zero attached hydrogens (tertiary/aromatic N) is 1. The number of hydrogen-bond donors (Lipinski definition) is 1. The van der Waals surface area contributed by atoms with Crippen molar-refractivity contribution in [1.82, 2.24) is 9.55 Å². The molecular weight excluding hydrogens is 277 g/mol. The number of aryl methyl sites for hydroxylation is 1. The molecule has 2 aromatic rings. The van der Waals surface area contributed by atoms with Crippen molar-refractivity contribution in [1.29, 1.82) is 0 Å². The van der Waals surface area contributed by atoms with E-state index in [0.29, 0.717) is 22.4 Å². The molecule has 7 heteroatoms. The third-order valence-electron chi connectivity index (χ3n) is 2.76. The molecule has 1 aromatic heterocycles. The number of nitrogens with one attached hydrogen (secondary N) is 1. The van der Waals surface area contributed by atoms with Crippen molar-refractivity contribution in [3.8, 4) is 0 Å². The summed E-state index contributed by atoms with van der Waals surface area (Å²) in [6.07, 6.45) is -2.48. The van der Waals surface area contributed by atoms with Crippen molar-refractivity contribution in [3.63, 3.8) is 0 Å². The molecule has 0 bridgehead atoms. The Morgan fingerprint density at radius 2 is 2.16 bits per heavy atom. The molecule has 1 N–H and O–H groups in total. The molecule has 19 heavy (non-hydrogen) atoms. The van der Waals surface area contributed by atoms with Gasteiger partial charge in [0.15, 0.2) is 4.77 Å². The van der Waals surface area contributed by atoms with E-state index in [1.165, 1.54) is 6.07 Å². The van der Waals surface area contributed by atoms with Crippen LogP contribution in [0.25, 0.3) is 11.0 Å². The van der Waals surface area contributed by atoms with Crippen molar-refractivity contribution >= 4 is 23.3 Å². The van der Waals surface area contributed by atoms with Gasteiger partial charge < -0.3 is 14.3 Å². The van der Waals surface area contributed by atoms with Crippen LogP contribution in [0.2, 0.25) is 0 Å². The maximum absolute atomic E-state index is 13.4. The van der Waals surface area contributed by atoms with E-state index in [-0.39, 0.29) is 12.4 Å². The summed E-state index contributed by atoms with van der Waals surface area (Å²) in [6.45, 7) is 1.53. The van der Waals surface area contributed by atoms with Crippen LogP contribution in [0.4, 0.5) is 13.2 Å². The molecule has 2 rings (SSSR count). The molecule has 0 saturated carbocycles. The van der Waals surface area contributed by atoms with Gasteiger partial charge in [0.25, 0.3) is 6.43 Å². The quantitative estimate of drug-likeness (QED) is 0.675. The Morgan fingerprint density at radius 1 is 1.42 bits per heavy atom. The number of hydrogen-bond acceptors (Lipinski definition) is 2. The summed E-state index contributed by atoms with van der Waals surface area (Å²) in [5.74, 6) is -0.315. The summed E-state index contributed by atoms with van der Waals surface area (Å²) in [5, 5.41) is 0. The predicted octanol–water partition coefficient (Wildman–Crippen LogP) is 3.43. The first-order valence-corrected chi connectivity index (χ1v) is 6.14. The van der Waals surface area contributed by atoms with Crippen LogP contribution in [0.5, 0.6) is 0 Å². The fraction of sp³-hybridized carbons (Fsp3) is 0.417. The van der Waals surface area contributed by atoms with Crippen molar-refractivity contribution in [3.05, 3.63) is 28.3 Å². The lowest BCUT2D eigenvalue weighted by atomic mass is 10.2. The zero-order chi connectivity index (χ0) is 14.0. The van der Waals surface area contributed by atoms with Crippen LogP contribution in [-0.2, 0) is 11.3 Å². The Hall–Kier alpha value is -1.34. The molecule has 0 aliphatic carbocycles. The summed E-state index contributed by atoms with van der Waals surface area (Å²) in [6, 6.07) is 3.04. The van der Waals surface area contributed by atoms with E-state index in [2.05, 4.69) is 4.98 Å². The third kappa shape index (κ3) is 3.16. The Bertz CT molecular complexity index is 636. The smallest absolute Gasteiger partial charge is 0.261 e. The van der Waals surface area contributed by atoms with Gasteiger partial charge in [0.05, 0.1) is 17.6 Å². The number of aromatic nitrogens is 2. The first-order valence-electron chi connectivity index (χ1n) is 5.73. The molecule has 104 valence electrons. The fourth-order valence-corrected chi connectivity index (χ4v) is 2.13. The average Bonchev–Trinajstić information content (AvgIpc) is 2.61. The minimum atomic E-state index is -2.48. The number of aromatic amines is 1. The Kier molecular flexibility index (Phi) is 4.26. The Labute approximate surface area is 113 Å². The molecular formula is C12H13F3N2OS. The van der Waals surface area contributed by atoms with Gasteiger partial charge in [0.1, 0.15) is 12.4 Å². The SMILES string of the molecule is Cc1cc2c(cc1F)[nH]c(=S)n2CCOCC(F)F. The number of halogens is 3. The van der Waals surface area contributed by atoms with Gasteiger partial charge in [0, 0.05) is 6.54 Å². The second-order valence-electron chi connectivity index (χ2n) is 4.17. The molecule has 0 saturated heterocycles. The van der Waals surface area contributed by atoms with Crippen LogP contribution >= 0.6 is 12.2 Å². The monoisotopic (exact) mass is 290 g/mol. The molecule has 0 aliphatic rings. The van der Waals surface area contributed by atoms with E-state index in [9.17, 15) is 13.2 Å². The van der Waals surface area contributed by atoms with Crippen molar-refractivity contribution in [2.45, 2.75) is 19.9 Å². The van der Waals surface area contributed by atoms with E-state index in [0.717, 1.165) is 5.52 Å². The lowest BCUT2D eigenvalue weighted by molar-refractivity contribution is 0.0149. The predicted molar refractivity (Wildman–Crippen MR) is 68.6 cm³/mol. The number of H-pyrrole nitrogens is 1. The summed E-state index contributed by atoms with van der Waals surface area (Å²) in [5.41, 5.74) is 1.83. The van der Waals surface area contributed by atoms with Crippen LogP contribution in [0.3, 0.4) is 0 Å². The zero-order valence-electron chi connectivity index (χ0n) is 10.3. The van der Waals surface area contributed by atoms with Gasteiger partial charge in [-0.25, -0.2) is 13.2 Å². The normalized spacial score (nSPS) is 11.6. The largest absolute Gasteiger partial charge is 0.374 e. The number of alkyl halides is 2. The second kappa shape index (κ2) is 5.75. The molecule has 0 spiro atoms. The summed E-state index contributed by atoms with van der Waals surface area (Å²) < 4.78 is 44.2. The minimum absolute atomic E-state index is 0.127. The Morgan fingerprint density at radius 3 is 2.84 bits per heavy atom. The third-order valence-corrected chi connectivity index (χ3v) is 3.08. The highest BCUT2D eigenvalue weighted by molar-refractivity contribution is 7.71. The Balaban J connectivity index is 2.20. The molecule has 0 fully saturated rings. The van der Waals surface area contributed by atoms with E-state index in [1.54, 1.807) is 17.6 Å². The lowest BCUT2D eigenvalue weighted by Gasteiger charge is -2.06. The van der Waals surface area contributed by atoms with E-state index in [4.69, 9.17) is 17.0 Å². The molecule has 1 aromatic carbocycles. The van der Waals surface area contributed by atoms with Crippen molar-refractivity contribution in [2.75, 3.05) is 13.2 Å². The van der Waals surface area contributed by atoms with Crippen molar-refractivity contribution < 1.29 is 17.9 Å². The zero-order valence-corrected chi connectivity index (χ0v) is 11.1. The van der Waals surface area contributed by atoms with Gasteiger partial charge in [-0.05, 0) is 36.8 Å². The van der Waals surface area contributed by atoms with Crippen LogP contribution in [0.1, 0.15) is 5.56 Å². The van der Waals surface area contributed by atoms with Gasteiger partial charge in [-0.1, -0.05) is 0 Å². The second-order valence-corrected chi connectivity index (χ2v) is 4.55. The van der Waals surface area contributed by atoms with Gasteiger partial charge >= 0.3 is 0 Å². The minimum Gasteiger partial charge on any atom is -0.374 e. The van der Waals surface area contributed by atoms with E-state index >= 15 is 0 Å². The highest BCUT2D eigenvalue weighted by atomic mass is 32.1. The van der Waals surface area contributed by atoms with Crippen LogP contribution in [0, 0.1) is 17.5 Å². The lowest BCUT2D eigenvalue weighted by Crippen LogP contribution is -2.10. The number of ether oxygens (including phenoxy) is 1. The summed E-state index contributed by atoms with van der Waals surface area (Å²) in [4.78, 5) is 2.88. The molecule has 3 nitrogen and oxygen atoms in total. The number of fused-ring (bicyclic) bond motifs is 1. The average molecular weight is 290 g/mol. The highest BCUT2D eigenvalue weighted by Crippen LogP contribution is 2.18. The van der Waals surface area contributed by atoms with Gasteiger partial charge in [0.2, 0.25) is 0 Å². The molecule has 0 aliphatic heterocycles. The number of imidazole rings is 1. The van der Waals surface area contributed by atoms with Gasteiger partial charge in [-0.15, -0.1) is 0 Å². The molecule has 0 atom stereocenters.